The predicted molar refractivity (Wildman–Crippen MR) is 83.7 cm³/mol. The number of hydrogen-bond acceptors (Lipinski definition) is 6. The van der Waals surface area contributed by atoms with Crippen molar-refractivity contribution in [1.82, 2.24) is 0 Å². The van der Waals surface area contributed by atoms with Crippen LogP contribution in [0.25, 0.3) is 0 Å². The van der Waals surface area contributed by atoms with E-state index in [4.69, 9.17) is 14.2 Å². The Kier molecular flexibility index (Phi) is 5.19. The highest BCUT2D eigenvalue weighted by Gasteiger charge is 2.24. The van der Waals surface area contributed by atoms with Crippen LogP contribution < -0.4 is 4.74 Å². The summed E-state index contributed by atoms with van der Waals surface area (Å²) >= 11 is 0. The predicted octanol–water partition coefficient (Wildman–Crippen LogP) is 3.53. The molecule has 3 rings (SSSR count). The molecular formula is C17H13F2NO6. The summed E-state index contributed by atoms with van der Waals surface area (Å²) < 4.78 is 41.9. The molecule has 0 saturated carbocycles. The standard InChI is InChI=1S/C17H13F2NO6/c18-12-4-2-10(8-13(12)19)16(21)26-15-5-3-11(9-14(15)20(22)23)17-24-6-1-7-25-17/h2-5,8-9,17H,1,6-7H2. The van der Waals surface area contributed by atoms with Gasteiger partial charge in [-0.1, -0.05) is 0 Å². The highest BCUT2D eigenvalue weighted by molar-refractivity contribution is 5.91. The second-order valence-corrected chi connectivity index (χ2v) is 5.43. The zero-order chi connectivity index (χ0) is 18.7. The van der Waals surface area contributed by atoms with Crippen LogP contribution in [-0.4, -0.2) is 24.1 Å². The van der Waals surface area contributed by atoms with Crippen LogP contribution in [0.2, 0.25) is 0 Å². The fourth-order valence-electron chi connectivity index (χ4n) is 2.37. The van der Waals surface area contributed by atoms with Crippen LogP contribution in [0.5, 0.6) is 5.75 Å². The zero-order valence-electron chi connectivity index (χ0n) is 13.3. The maximum absolute atomic E-state index is 13.2. The van der Waals surface area contributed by atoms with Gasteiger partial charge in [0.1, 0.15) is 0 Å². The first kappa shape index (κ1) is 17.9. The van der Waals surface area contributed by atoms with Crippen LogP contribution in [0.3, 0.4) is 0 Å². The molecule has 0 bridgehead atoms. The van der Waals surface area contributed by atoms with Crippen molar-refractivity contribution in [2.24, 2.45) is 0 Å². The summed E-state index contributed by atoms with van der Waals surface area (Å²) in [4.78, 5) is 22.6. The summed E-state index contributed by atoms with van der Waals surface area (Å²) in [6, 6.07) is 6.32. The second kappa shape index (κ2) is 7.54. The number of esters is 1. The van der Waals surface area contributed by atoms with E-state index in [1.54, 1.807) is 0 Å². The van der Waals surface area contributed by atoms with Crippen LogP contribution in [-0.2, 0) is 9.47 Å². The number of hydrogen-bond donors (Lipinski definition) is 0. The van der Waals surface area contributed by atoms with Crippen molar-refractivity contribution in [3.05, 3.63) is 69.3 Å². The minimum Gasteiger partial charge on any atom is -0.416 e. The molecule has 136 valence electrons. The van der Waals surface area contributed by atoms with Gasteiger partial charge in [0.15, 0.2) is 17.9 Å². The molecule has 26 heavy (non-hydrogen) atoms. The van der Waals surface area contributed by atoms with Gasteiger partial charge in [-0.3, -0.25) is 10.1 Å². The Morgan fingerprint density at radius 3 is 2.50 bits per heavy atom. The molecule has 0 aromatic heterocycles. The molecule has 0 unspecified atom stereocenters. The number of nitro benzene ring substituents is 1. The number of rotatable bonds is 4. The lowest BCUT2D eigenvalue weighted by Crippen LogP contribution is -2.18. The van der Waals surface area contributed by atoms with E-state index in [1.165, 1.54) is 18.2 Å². The Morgan fingerprint density at radius 1 is 1.12 bits per heavy atom. The van der Waals surface area contributed by atoms with Crippen LogP contribution in [0.15, 0.2) is 36.4 Å². The number of nitro groups is 1. The van der Waals surface area contributed by atoms with Gasteiger partial charge in [0, 0.05) is 11.6 Å². The Labute approximate surface area is 146 Å². The van der Waals surface area contributed by atoms with Gasteiger partial charge in [-0.05, 0) is 36.8 Å². The van der Waals surface area contributed by atoms with Crippen LogP contribution in [0.1, 0.15) is 28.6 Å². The summed E-state index contributed by atoms with van der Waals surface area (Å²) in [5.74, 6) is -3.73. The second-order valence-electron chi connectivity index (χ2n) is 5.43. The normalized spacial score (nSPS) is 14.8. The summed E-state index contributed by atoms with van der Waals surface area (Å²) in [6.07, 6.45) is -0.0129. The average Bonchev–Trinajstić information content (AvgIpc) is 2.64. The summed E-state index contributed by atoms with van der Waals surface area (Å²) in [5, 5.41) is 11.3. The fraction of sp³-hybridized carbons (Fsp3) is 0.235. The number of benzene rings is 2. The lowest BCUT2D eigenvalue weighted by molar-refractivity contribution is -0.385. The van der Waals surface area contributed by atoms with Crippen LogP contribution in [0, 0.1) is 21.7 Å². The smallest absolute Gasteiger partial charge is 0.343 e. The first-order chi connectivity index (χ1) is 12.5. The largest absolute Gasteiger partial charge is 0.416 e. The molecular weight excluding hydrogens is 352 g/mol. The molecule has 0 spiro atoms. The van der Waals surface area contributed by atoms with Gasteiger partial charge in [0.25, 0.3) is 0 Å². The Bertz CT molecular complexity index is 851. The number of halogens is 2. The number of carbonyl (C=O) groups excluding carboxylic acids is 1. The van der Waals surface area contributed by atoms with Crippen LogP contribution in [0.4, 0.5) is 14.5 Å². The van der Waals surface area contributed by atoms with Gasteiger partial charge in [-0.25, -0.2) is 13.6 Å². The van der Waals surface area contributed by atoms with Gasteiger partial charge < -0.3 is 14.2 Å². The molecule has 1 heterocycles. The Hall–Kier alpha value is -2.91. The average molecular weight is 365 g/mol. The topological polar surface area (TPSA) is 87.9 Å². The molecule has 0 atom stereocenters. The van der Waals surface area contributed by atoms with E-state index in [9.17, 15) is 23.7 Å². The third kappa shape index (κ3) is 3.84. The molecule has 2 aromatic carbocycles. The van der Waals surface area contributed by atoms with Crippen molar-refractivity contribution in [3.63, 3.8) is 0 Å². The molecule has 1 aliphatic heterocycles. The molecule has 2 aromatic rings. The van der Waals surface area contributed by atoms with E-state index in [-0.39, 0.29) is 11.3 Å². The number of ether oxygens (including phenoxy) is 3. The molecule has 1 aliphatic rings. The van der Waals surface area contributed by atoms with Gasteiger partial charge in [-0.15, -0.1) is 0 Å². The van der Waals surface area contributed by atoms with Crippen molar-refractivity contribution in [2.45, 2.75) is 12.7 Å². The summed E-state index contributed by atoms with van der Waals surface area (Å²) in [7, 11) is 0. The lowest BCUT2D eigenvalue weighted by atomic mass is 10.1. The quantitative estimate of drug-likeness (QED) is 0.356. The first-order valence-electron chi connectivity index (χ1n) is 7.64. The fourth-order valence-corrected chi connectivity index (χ4v) is 2.37. The number of nitrogens with zero attached hydrogens (tertiary/aromatic N) is 1. The zero-order valence-corrected chi connectivity index (χ0v) is 13.3. The minimum absolute atomic E-state index is 0.277. The lowest BCUT2D eigenvalue weighted by Gasteiger charge is -2.23. The van der Waals surface area contributed by atoms with Gasteiger partial charge in [0.05, 0.1) is 23.7 Å². The Balaban J connectivity index is 1.85. The molecule has 1 fully saturated rings. The molecule has 0 amide bonds. The molecule has 1 saturated heterocycles. The molecule has 0 aliphatic carbocycles. The highest BCUT2D eigenvalue weighted by atomic mass is 19.2. The summed E-state index contributed by atoms with van der Waals surface area (Å²) in [6.45, 7) is 0.927. The van der Waals surface area contributed by atoms with Gasteiger partial charge in [-0.2, -0.15) is 0 Å². The monoisotopic (exact) mass is 365 g/mol. The maximum atomic E-state index is 13.2. The van der Waals surface area contributed by atoms with Crippen molar-refractivity contribution in [1.29, 1.82) is 0 Å². The van der Waals surface area contributed by atoms with E-state index < -0.39 is 34.5 Å². The number of carbonyl (C=O) groups is 1. The molecule has 0 radical (unpaired) electrons. The van der Waals surface area contributed by atoms with E-state index >= 15 is 0 Å². The van der Waals surface area contributed by atoms with E-state index in [0.717, 1.165) is 18.6 Å². The third-order valence-electron chi connectivity index (χ3n) is 3.64. The van der Waals surface area contributed by atoms with E-state index in [2.05, 4.69) is 0 Å². The van der Waals surface area contributed by atoms with Crippen molar-refractivity contribution >= 4 is 11.7 Å². The van der Waals surface area contributed by atoms with Gasteiger partial charge in [0.2, 0.25) is 5.75 Å². The minimum atomic E-state index is -1.23. The SMILES string of the molecule is O=C(Oc1ccc(C2OCCCO2)cc1[N+](=O)[O-])c1ccc(F)c(F)c1. The van der Waals surface area contributed by atoms with Crippen molar-refractivity contribution in [2.75, 3.05) is 13.2 Å². The van der Waals surface area contributed by atoms with E-state index in [0.29, 0.717) is 24.8 Å². The molecule has 9 heteroatoms. The first-order valence-corrected chi connectivity index (χ1v) is 7.64. The third-order valence-corrected chi connectivity index (χ3v) is 3.64. The van der Waals surface area contributed by atoms with Crippen molar-refractivity contribution in [3.8, 4) is 5.75 Å². The van der Waals surface area contributed by atoms with Crippen LogP contribution >= 0.6 is 0 Å². The summed E-state index contributed by atoms with van der Waals surface area (Å²) in [5.41, 5.74) is -0.346. The van der Waals surface area contributed by atoms with Crippen molar-refractivity contribution < 1.29 is 32.7 Å². The molecule has 0 N–H and O–H groups in total. The highest BCUT2D eigenvalue weighted by Crippen LogP contribution is 2.33. The Morgan fingerprint density at radius 2 is 1.85 bits per heavy atom. The molecule has 7 nitrogen and oxygen atoms in total. The maximum Gasteiger partial charge on any atom is 0.343 e. The van der Waals surface area contributed by atoms with Gasteiger partial charge >= 0.3 is 11.7 Å². The van der Waals surface area contributed by atoms with E-state index in [1.807, 2.05) is 0 Å².